The van der Waals surface area contributed by atoms with Crippen LogP contribution < -0.4 is 4.74 Å². The average molecular weight is 349 g/mol. The highest BCUT2D eigenvalue weighted by molar-refractivity contribution is 6.04. The minimum absolute atomic E-state index is 0.165. The Labute approximate surface area is 153 Å². The Bertz CT molecular complexity index is 871. The van der Waals surface area contributed by atoms with Gasteiger partial charge >= 0.3 is 0 Å². The standard InChI is InChI=1S/C21H23N3O2/c1-23-12-10-21(11-13-23)24-18(16-7-3-5-9-20(16)26-21)14-17(22-24)15-6-2-4-8-19(15)25/h2-9,18,25H,10-14H2,1H3/t18-/m1/s1. The van der Waals surface area contributed by atoms with Gasteiger partial charge in [0, 0.05) is 43.5 Å². The second-order valence-electron chi connectivity index (χ2n) is 7.52. The van der Waals surface area contributed by atoms with Gasteiger partial charge in [-0.2, -0.15) is 5.10 Å². The Balaban J connectivity index is 1.60. The van der Waals surface area contributed by atoms with Gasteiger partial charge in [0.2, 0.25) is 5.72 Å². The van der Waals surface area contributed by atoms with Crippen LogP contribution in [-0.2, 0) is 0 Å². The smallest absolute Gasteiger partial charge is 0.200 e. The molecule has 1 N–H and O–H groups in total. The third kappa shape index (κ3) is 2.31. The number of aromatic hydroxyl groups is 1. The molecule has 0 aliphatic carbocycles. The molecule has 1 saturated heterocycles. The first kappa shape index (κ1) is 15.7. The van der Waals surface area contributed by atoms with E-state index >= 15 is 0 Å². The second-order valence-corrected chi connectivity index (χ2v) is 7.52. The molecule has 0 bridgehead atoms. The lowest BCUT2D eigenvalue weighted by Gasteiger charge is -2.50. The van der Waals surface area contributed by atoms with Gasteiger partial charge in [-0.1, -0.05) is 30.3 Å². The lowest BCUT2D eigenvalue weighted by atomic mass is 9.91. The maximum atomic E-state index is 10.3. The molecule has 2 aromatic rings. The molecule has 26 heavy (non-hydrogen) atoms. The number of ether oxygens (including phenoxy) is 1. The Kier molecular flexibility index (Phi) is 3.47. The van der Waals surface area contributed by atoms with Crippen molar-refractivity contribution in [2.24, 2.45) is 5.10 Å². The van der Waals surface area contributed by atoms with Crippen molar-refractivity contribution in [2.45, 2.75) is 31.0 Å². The zero-order chi connectivity index (χ0) is 17.7. The van der Waals surface area contributed by atoms with E-state index < -0.39 is 5.72 Å². The molecular formula is C21H23N3O2. The summed E-state index contributed by atoms with van der Waals surface area (Å²) < 4.78 is 6.57. The summed E-state index contributed by atoms with van der Waals surface area (Å²) in [5.41, 5.74) is 2.55. The summed E-state index contributed by atoms with van der Waals surface area (Å²) in [4.78, 5) is 2.34. The van der Waals surface area contributed by atoms with E-state index in [2.05, 4.69) is 35.2 Å². The summed E-state index contributed by atoms with van der Waals surface area (Å²) in [5, 5.41) is 17.5. The van der Waals surface area contributed by atoms with E-state index in [4.69, 9.17) is 9.84 Å². The van der Waals surface area contributed by atoms with Gasteiger partial charge in [0.05, 0.1) is 11.8 Å². The second kappa shape index (κ2) is 5.74. The molecule has 3 heterocycles. The van der Waals surface area contributed by atoms with Crippen LogP contribution in [0.25, 0.3) is 0 Å². The molecule has 3 aliphatic rings. The first-order valence-corrected chi connectivity index (χ1v) is 9.28. The van der Waals surface area contributed by atoms with Crippen LogP contribution in [0.4, 0.5) is 0 Å². The van der Waals surface area contributed by atoms with Crippen molar-refractivity contribution in [3.63, 3.8) is 0 Å². The first-order valence-electron chi connectivity index (χ1n) is 9.28. The lowest BCUT2D eigenvalue weighted by molar-refractivity contribution is -0.147. The van der Waals surface area contributed by atoms with Gasteiger partial charge < -0.3 is 14.7 Å². The molecule has 5 heteroatoms. The van der Waals surface area contributed by atoms with E-state index in [1.807, 2.05) is 24.3 Å². The zero-order valence-electron chi connectivity index (χ0n) is 14.9. The summed E-state index contributed by atoms with van der Waals surface area (Å²) in [5.74, 6) is 1.27. The quantitative estimate of drug-likeness (QED) is 0.858. The maximum absolute atomic E-state index is 10.3. The number of nitrogens with zero attached hydrogens (tertiary/aromatic N) is 3. The third-order valence-corrected chi connectivity index (χ3v) is 5.89. The number of phenolic OH excluding ortho intramolecular Hbond substituents is 1. The number of hydrogen-bond acceptors (Lipinski definition) is 5. The molecule has 0 radical (unpaired) electrons. The van der Waals surface area contributed by atoms with Crippen LogP contribution in [0.3, 0.4) is 0 Å². The van der Waals surface area contributed by atoms with Crippen LogP contribution in [0.1, 0.15) is 36.4 Å². The summed E-state index contributed by atoms with van der Waals surface area (Å²) in [6.07, 6.45) is 2.63. The number of hydrogen-bond donors (Lipinski definition) is 1. The van der Waals surface area contributed by atoms with Crippen LogP contribution in [0.2, 0.25) is 0 Å². The molecule has 2 aromatic carbocycles. The Morgan fingerprint density at radius 3 is 2.62 bits per heavy atom. The fourth-order valence-electron chi connectivity index (χ4n) is 4.41. The number of para-hydroxylation sites is 2. The van der Waals surface area contributed by atoms with Crippen molar-refractivity contribution in [3.8, 4) is 11.5 Å². The predicted molar refractivity (Wildman–Crippen MR) is 100 cm³/mol. The SMILES string of the molecule is CN1CCC2(CC1)Oc1ccccc1[C@H]1CC(c3ccccc3O)=NN12. The number of phenols is 1. The minimum Gasteiger partial charge on any atom is -0.507 e. The summed E-state index contributed by atoms with van der Waals surface area (Å²) >= 11 is 0. The Hall–Kier alpha value is -2.53. The van der Waals surface area contributed by atoms with Crippen molar-refractivity contribution >= 4 is 5.71 Å². The van der Waals surface area contributed by atoms with Gasteiger partial charge in [-0.3, -0.25) is 0 Å². The molecule has 0 unspecified atom stereocenters. The van der Waals surface area contributed by atoms with Crippen LogP contribution in [0.5, 0.6) is 11.5 Å². The van der Waals surface area contributed by atoms with Crippen LogP contribution in [0.15, 0.2) is 53.6 Å². The van der Waals surface area contributed by atoms with E-state index in [1.54, 1.807) is 6.07 Å². The molecule has 0 aromatic heterocycles. The van der Waals surface area contributed by atoms with Gasteiger partial charge in [0.15, 0.2) is 0 Å². The molecule has 1 spiro atoms. The summed E-state index contributed by atoms with van der Waals surface area (Å²) in [6, 6.07) is 15.9. The number of fused-ring (bicyclic) bond motifs is 4. The van der Waals surface area contributed by atoms with Gasteiger partial charge in [-0.05, 0) is 25.2 Å². The zero-order valence-corrected chi connectivity index (χ0v) is 14.9. The molecule has 1 fully saturated rings. The molecule has 5 rings (SSSR count). The molecular weight excluding hydrogens is 326 g/mol. The van der Waals surface area contributed by atoms with Gasteiger partial charge in [-0.25, -0.2) is 5.01 Å². The Morgan fingerprint density at radius 1 is 1.08 bits per heavy atom. The minimum atomic E-state index is -0.391. The lowest BCUT2D eigenvalue weighted by Crippen LogP contribution is -2.58. The van der Waals surface area contributed by atoms with E-state index in [1.165, 1.54) is 5.56 Å². The number of benzene rings is 2. The average Bonchev–Trinajstić information content (AvgIpc) is 3.11. The highest BCUT2D eigenvalue weighted by Gasteiger charge is 2.51. The van der Waals surface area contributed by atoms with Crippen molar-refractivity contribution in [3.05, 3.63) is 59.7 Å². The van der Waals surface area contributed by atoms with E-state index in [9.17, 15) is 5.11 Å². The van der Waals surface area contributed by atoms with Crippen molar-refractivity contribution in [1.82, 2.24) is 9.91 Å². The van der Waals surface area contributed by atoms with Crippen LogP contribution in [0, 0.1) is 0 Å². The van der Waals surface area contributed by atoms with Gasteiger partial charge in [0.25, 0.3) is 0 Å². The monoisotopic (exact) mass is 349 g/mol. The molecule has 1 atom stereocenters. The summed E-state index contributed by atoms with van der Waals surface area (Å²) in [6.45, 7) is 1.99. The van der Waals surface area contributed by atoms with E-state index in [-0.39, 0.29) is 11.8 Å². The first-order chi connectivity index (χ1) is 12.7. The highest BCUT2D eigenvalue weighted by atomic mass is 16.5. The number of piperidine rings is 1. The largest absolute Gasteiger partial charge is 0.507 e. The molecule has 134 valence electrons. The van der Waals surface area contributed by atoms with E-state index in [0.29, 0.717) is 0 Å². The van der Waals surface area contributed by atoms with Crippen molar-refractivity contribution in [2.75, 3.05) is 20.1 Å². The number of likely N-dealkylation sites (tertiary alicyclic amines) is 1. The predicted octanol–water partition coefficient (Wildman–Crippen LogP) is 3.36. The number of rotatable bonds is 1. The topological polar surface area (TPSA) is 48.3 Å². The molecule has 0 saturated carbocycles. The highest BCUT2D eigenvalue weighted by Crippen LogP contribution is 2.50. The van der Waals surface area contributed by atoms with Gasteiger partial charge in [-0.15, -0.1) is 0 Å². The van der Waals surface area contributed by atoms with Crippen molar-refractivity contribution < 1.29 is 9.84 Å². The maximum Gasteiger partial charge on any atom is 0.200 e. The van der Waals surface area contributed by atoms with Crippen molar-refractivity contribution in [1.29, 1.82) is 0 Å². The molecule has 5 nitrogen and oxygen atoms in total. The fourth-order valence-corrected chi connectivity index (χ4v) is 4.41. The Morgan fingerprint density at radius 2 is 1.81 bits per heavy atom. The molecule has 3 aliphatic heterocycles. The number of hydrazone groups is 1. The summed E-state index contributed by atoms with van der Waals surface area (Å²) in [7, 11) is 2.15. The third-order valence-electron chi connectivity index (χ3n) is 5.89. The normalized spacial score (nSPS) is 24.0. The molecule has 0 amide bonds. The van der Waals surface area contributed by atoms with Crippen LogP contribution >= 0.6 is 0 Å². The fraction of sp³-hybridized carbons (Fsp3) is 0.381. The van der Waals surface area contributed by atoms with Crippen LogP contribution in [-0.4, -0.2) is 46.6 Å². The van der Waals surface area contributed by atoms with Gasteiger partial charge in [0.1, 0.15) is 11.5 Å². The van der Waals surface area contributed by atoms with E-state index in [0.717, 1.165) is 49.4 Å².